The molecule has 60 valence electrons. The molecule has 0 saturated carbocycles. The van der Waals surface area contributed by atoms with Gasteiger partial charge < -0.3 is 12.9 Å². The number of aromatic nitrogens is 1. The van der Waals surface area contributed by atoms with E-state index in [4.69, 9.17) is 0 Å². The zero-order valence-corrected chi connectivity index (χ0v) is 5.27. The Labute approximate surface area is 60.1 Å². The van der Waals surface area contributed by atoms with Gasteiger partial charge in [0.05, 0.1) is 6.20 Å². The second kappa shape index (κ2) is 2.52. The molecule has 6 heteroatoms. The van der Waals surface area contributed by atoms with Crippen LogP contribution in [-0.2, 0) is 0 Å². The van der Waals surface area contributed by atoms with Crippen LogP contribution in [0.15, 0.2) is 18.3 Å². The molecule has 0 radical (unpaired) electrons. The number of hydrogen-bond acceptors (Lipinski definition) is 1. The smallest absolute Gasteiger partial charge is 0.444 e. The molecule has 0 saturated heterocycles. The van der Waals surface area contributed by atoms with Crippen molar-refractivity contribution in [3.8, 4) is 0 Å². The molecule has 1 aromatic rings. The van der Waals surface area contributed by atoms with Gasteiger partial charge in [-0.05, 0) is 11.7 Å². The van der Waals surface area contributed by atoms with E-state index in [1.54, 1.807) is 0 Å². The summed E-state index contributed by atoms with van der Waals surface area (Å²) < 4.78 is 47.4. The quantitative estimate of drug-likeness (QED) is 0.449. The van der Waals surface area contributed by atoms with Crippen molar-refractivity contribution in [1.29, 1.82) is 0 Å². The van der Waals surface area contributed by atoms with E-state index in [-0.39, 0.29) is 0 Å². The first kappa shape index (κ1) is 8.04. The topological polar surface area (TPSA) is 12.9 Å². The maximum Gasteiger partial charge on any atom is 0.527 e. The third-order valence-electron chi connectivity index (χ3n) is 1.09. The third kappa shape index (κ3) is 1.93. The Balaban J connectivity index is 2.99. The lowest BCUT2D eigenvalue weighted by molar-refractivity contribution is 0.498. The van der Waals surface area contributed by atoms with Crippen molar-refractivity contribution in [1.82, 2.24) is 4.98 Å². The predicted octanol–water partition coefficient (Wildman–Crippen LogP) is 1.28. The molecule has 1 heterocycles. The van der Waals surface area contributed by atoms with E-state index in [1.165, 1.54) is 0 Å². The second-order valence-corrected chi connectivity index (χ2v) is 1.98. The minimum atomic E-state index is -5.10. The molecule has 0 aliphatic rings. The minimum Gasteiger partial charge on any atom is -0.444 e. The fourth-order valence-corrected chi connectivity index (χ4v) is 0.581. The lowest BCUT2D eigenvalue weighted by atomic mass is 9.86. The maximum absolute atomic E-state index is 12.1. The fourth-order valence-electron chi connectivity index (χ4n) is 0.581. The highest BCUT2D eigenvalue weighted by Crippen LogP contribution is 2.06. The van der Waals surface area contributed by atoms with Crippen LogP contribution in [0.2, 0.25) is 0 Å². The van der Waals surface area contributed by atoms with Gasteiger partial charge in [0.1, 0.15) is 5.82 Å². The number of nitrogens with zero attached hydrogens (tertiary/aromatic N) is 1. The highest BCUT2D eigenvalue weighted by molar-refractivity contribution is 6.72. The molecule has 1 nitrogen and oxygen atoms in total. The molecule has 0 fully saturated rings. The van der Waals surface area contributed by atoms with E-state index < -0.39 is 18.4 Å². The molecular weight excluding hydrogens is 161 g/mol. The summed E-state index contributed by atoms with van der Waals surface area (Å²) in [5, 5.41) is 0. The molecule has 0 spiro atoms. The van der Waals surface area contributed by atoms with Gasteiger partial charge in [-0.1, -0.05) is 6.07 Å². The molecular formula is C5H3BF4N-. The summed E-state index contributed by atoms with van der Waals surface area (Å²) >= 11 is 0. The van der Waals surface area contributed by atoms with E-state index >= 15 is 0 Å². The van der Waals surface area contributed by atoms with Crippen molar-refractivity contribution in [2.75, 3.05) is 0 Å². The summed E-state index contributed by atoms with van der Waals surface area (Å²) in [5.41, 5.74) is -1.02. The molecule has 0 N–H and O–H groups in total. The zero-order chi connectivity index (χ0) is 8.48. The number of hydrogen-bond donors (Lipinski definition) is 0. The molecule has 0 bridgehead atoms. The molecule has 11 heavy (non-hydrogen) atoms. The maximum atomic E-state index is 12.1. The van der Waals surface area contributed by atoms with Crippen LogP contribution in [-0.4, -0.2) is 12.0 Å². The van der Waals surface area contributed by atoms with Crippen LogP contribution in [0.3, 0.4) is 0 Å². The van der Waals surface area contributed by atoms with Gasteiger partial charge in [0.2, 0.25) is 0 Å². The van der Waals surface area contributed by atoms with Crippen LogP contribution in [0.4, 0.5) is 17.3 Å². The van der Waals surface area contributed by atoms with Crippen LogP contribution in [0, 0.1) is 5.82 Å². The van der Waals surface area contributed by atoms with Crippen molar-refractivity contribution in [3.63, 3.8) is 0 Å². The molecule has 0 aliphatic heterocycles. The molecule has 0 amide bonds. The van der Waals surface area contributed by atoms with Crippen molar-refractivity contribution < 1.29 is 17.3 Å². The Morgan fingerprint density at radius 1 is 1.18 bits per heavy atom. The number of halogens is 4. The first-order valence-corrected chi connectivity index (χ1v) is 2.81. The van der Waals surface area contributed by atoms with Crippen LogP contribution >= 0.6 is 0 Å². The summed E-state index contributed by atoms with van der Waals surface area (Å²) in [6, 6.07) is 1.35. The number of rotatable bonds is 1. The molecule has 1 aromatic heterocycles. The van der Waals surface area contributed by atoms with Crippen molar-refractivity contribution in [2.45, 2.75) is 0 Å². The van der Waals surface area contributed by atoms with Gasteiger partial charge in [0.15, 0.2) is 0 Å². The van der Waals surface area contributed by atoms with Crippen LogP contribution in [0.25, 0.3) is 0 Å². The summed E-state index contributed by atoms with van der Waals surface area (Å²) in [7, 11) is 0. The molecule has 0 aliphatic carbocycles. The van der Waals surface area contributed by atoms with Crippen molar-refractivity contribution in [3.05, 3.63) is 24.1 Å². The molecule has 0 aromatic carbocycles. The molecule has 0 unspecified atom stereocenters. The largest absolute Gasteiger partial charge is 0.527 e. The van der Waals surface area contributed by atoms with E-state index in [0.717, 1.165) is 6.07 Å². The summed E-state index contributed by atoms with van der Waals surface area (Å²) in [4.78, 5) is 2.88. The first-order valence-electron chi connectivity index (χ1n) is 2.81. The van der Waals surface area contributed by atoms with E-state index in [0.29, 0.717) is 12.3 Å². The zero-order valence-electron chi connectivity index (χ0n) is 5.27. The summed E-state index contributed by atoms with van der Waals surface area (Å²) in [6.45, 7) is -5.10. The van der Waals surface area contributed by atoms with Crippen molar-refractivity contribution in [2.24, 2.45) is 0 Å². The monoisotopic (exact) mass is 164 g/mol. The second-order valence-electron chi connectivity index (χ2n) is 1.98. The Morgan fingerprint density at radius 2 is 1.82 bits per heavy atom. The van der Waals surface area contributed by atoms with Gasteiger partial charge in [0.25, 0.3) is 0 Å². The number of pyridine rings is 1. The average Bonchev–Trinajstić information content (AvgIpc) is 1.86. The average molecular weight is 164 g/mol. The van der Waals surface area contributed by atoms with Gasteiger partial charge >= 0.3 is 6.98 Å². The van der Waals surface area contributed by atoms with Crippen LogP contribution in [0.1, 0.15) is 0 Å². The minimum absolute atomic E-state index is 0.546. The predicted molar refractivity (Wildman–Crippen MR) is 32.9 cm³/mol. The normalized spacial score (nSPS) is 11.6. The van der Waals surface area contributed by atoms with Gasteiger partial charge in [-0.3, -0.25) is 4.98 Å². The SMILES string of the molecule is Fc1ccc([B-](F)(F)F)nc1. The molecule has 1 rings (SSSR count). The van der Waals surface area contributed by atoms with E-state index in [9.17, 15) is 17.3 Å². The van der Waals surface area contributed by atoms with E-state index in [1.807, 2.05) is 0 Å². The Kier molecular flexibility index (Phi) is 1.84. The highest BCUT2D eigenvalue weighted by atomic mass is 19.4. The summed E-state index contributed by atoms with van der Waals surface area (Å²) in [5.74, 6) is -0.770. The van der Waals surface area contributed by atoms with Crippen LogP contribution in [0.5, 0.6) is 0 Å². The van der Waals surface area contributed by atoms with Gasteiger partial charge in [-0.25, -0.2) is 4.39 Å². The molecule has 0 atom stereocenters. The first-order chi connectivity index (χ1) is 5.00. The van der Waals surface area contributed by atoms with E-state index in [2.05, 4.69) is 4.98 Å². The third-order valence-corrected chi connectivity index (χ3v) is 1.09. The fraction of sp³-hybridized carbons (Fsp3) is 0. The lowest BCUT2D eigenvalue weighted by Crippen LogP contribution is -2.36. The Bertz CT molecular complexity index is 242. The highest BCUT2D eigenvalue weighted by Gasteiger charge is 2.26. The lowest BCUT2D eigenvalue weighted by Gasteiger charge is -2.12. The van der Waals surface area contributed by atoms with Gasteiger partial charge in [0, 0.05) is 0 Å². The standard InChI is InChI=1S/C5H3BF4N/c7-4-1-2-5(11-3-4)6(8,9)10/h1-3H/q-1. The Morgan fingerprint density at radius 3 is 2.18 bits per heavy atom. The summed E-state index contributed by atoms with van der Waals surface area (Å²) in [6.07, 6.45) is 0.546. The van der Waals surface area contributed by atoms with Gasteiger partial charge in [-0.15, -0.1) is 0 Å². The van der Waals surface area contributed by atoms with Gasteiger partial charge in [-0.2, -0.15) is 0 Å². The Hall–Kier alpha value is -1.07. The van der Waals surface area contributed by atoms with Crippen molar-refractivity contribution >= 4 is 12.6 Å². The van der Waals surface area contributed by atoms with Crippen LogP contribution < -0.4 is 5.59 Å².